The maximum absolute atomic E-state index is 14.0. The molecule has 9 nitrogen and oxygen atoms in total. The normalized spacial score (nSPS) is 16.8. The molecular formula is C23H21FN6O3S. The van der Waals surface area contributed by atoms with E-state index in [-0.39, 0.29) is 28.9 Å². The van der Waals surface area contributed by atoms with Crippen LogP contribution in [-0.2, 0) is 0 Å². The van der Waals surface area contributed by atoms with Crippen LogP contribution in [0.1, 0.15) is 67.1 Å². The van der Waals surface area contributed by atoms with Crippen molar-refractivity contribution >= 4 is 22.8 Å². The van der Waals surface area contributed by atoms with Crippen molar-refractivity contribution in [3.63, 3.8) is 0 Å². The lowest BCUT2D eigenvalue weighted by Crippen LogP contribution is -2.31. The van der Waals surface area contributed by atoms with Crippen LogP contribution in [0.15, 0.2) is 37.3 Å². The van der Waals surface area contributed by atoms with Crippen LogP contribution >= 0.6 is 11.8 Å². The van der Waals surface area contributed by atoms with Gasteiger partial charge in [-0.25, -0.2) is 19.2 Å². The van der Waals surface area contributed by atoms with Crippen molar-refractivity contribution in [2.24, 2.45) is 0 Å². The number of thioether (sulfide) groups is 1. The standard InChI is InChI=1S/C23H21FN6O3S/c1-10-3-4-13(9-15(10)24)18-26-21(33-29-18)11(2)34-22-16-19(25-17(27-22)12-5-6-12)30(14-7-8-14)23(32)28-20(16)31/h3-4,9,11-12,14H,5-8H2,1-2H3,(H,28,31,32)/t11-/m1/s1. The van der Waals surface area contributed by atoms with Gasteiger partial charge in [0.2, 0.25) is 11.7 Å². The Morgan fingerprint density at radius 3 is 2.68 bits per heavy atom. The molecule has 1 N–H and O–H groups in total. The molecule has 0 amide bonds. The number of aromatic amines is 1. The summed E-state index contributed by atoms with van der Waals surface area (Å²) in [5.41, 5.74) is 0.507. The lowest BCUT2D eigenvalue weighted by atomic mass is 10.1. The number of halogens is 1. The maximum Gasteiger partial charge on any atom is 0.330 e. The Balaban J connectivity index is 1.39. The van der Waals surface area contributed by atoms with Crippen LogP contribution in [-0.4, -0.2) is 29.7 Å². The Morgan fingerprint density at radius 2 is 1.97 bits per heavy atom. The zero-order valence-electron chi connectivity index (χ0n) is 18.5. The minimum absolute atomic E-state index is 0.0532. The number of aromatic nitrogens is 6. The second kappa shape index (κ2) is 7.86. The SMILES string of the molecule is Cc1ccc(-c2noc([C@@H](C)Sc3nc(C4CC4)nc4c3c(=O)[nH]c(=O)n4C3CC3)n2)cc1F. The molecule has 3 aromatic heterocycles. The Labute approximate surface area is 196 Å². The van der Waals surface area contributed by atoms with Gasteiger partial charge in [0.05, 0.1) is 5.25 Å². The number of rotatable bonds is 6. The molecule has 0 saturated heterocycles. The van der Waals surface area contributed by atoms with Gasteiger partial charge in [-0.2, -0.15) is 4.98 Å². The van der Waals surface area contributed by atoms with Crippen molar-refractivity contribution < 1.29 is 8.91 Å². The number of nitrogens with zero attached hydrogens (tertiary/aromatic N) is 5. The molecule has 11 heteroatoms. The quantitative estimate of drug-likeness (QED) is 0.324. The molecule has 0 unspecified atom stereocenters. The van der Waals surface area contributed by atoms with Gasteiger partial charge in [-0.05, 0) is 51.2 Å². The number of hydrogen-bond donors (Lipinski definition) is 1. The molecule has 0 radical (unpaired) electrons. The zero-order chi connectivity index (χ0) is 23.6. The Kier molecular flexibility index (Phi) is 4.91. The summed E-state index contributed by atoms with van der Waals surface area (Å²) in [6, 6.07) is 4.83. The Hall–Kier alpha value is -3.34. The number of nitrogens with one attached hydrogen (secondary N) is 1. The average Bonchev–Trinajstić information content (AvgIpc) is 3.73. The largest absolute Gasteiger partial charge is 0.338 e. The van der Waals surface area contributed by atoms with E-state index in [0.717, 1.165) is 25.7 Å². The van der Waals surface area contributed by atoms with Crippen molar-refractivity contribution in [2.75, 3.05) is 0 Å². The van der Waals surface area contributed by atoms with Gasteiger partial charge in [-0.3, -0.25) is 14.3 Å². The van der Waals surface area contributed by atoms with E-state index in [1.54, 1.807) is 23.6 Å². The van der Waals surface area contributed by atoms with Crippen LogP contribution < -0.4 is 11.2 Å². The Morgan fingerprint density at radius 1 is 1.18 bits per heavy atom. The predicted octanol–water partition coefficient (Wildman–Crippen LogP) is 4.04. The molecule has 6 rings (SSSR count). The fraction of sp³-hybridized carbons (Fsp3) is 0.391. The molecule has 3 heterocycles. The molecule has 2 aliphatic rings. The Bertz CT molecular complexity index is 1550. The minimum atomic E-state index is -0.504. The summed E-state index contributed by atoms with van der Waals surface area (Å²) in [5, 5.41) is 4.44. The van der Waals surface area contributed by atoms with Crippen molar-refractivity contribution in [1.29, 1.82) is 0 Å². The number of H-pyrrole nitrogens is 1. The summed E-state index contributed by atoms with van der Waals surface area (Å²) < 4.78 is 21.0. The molecule has 0 bridgehead atoms. The van der Waals surface area contributed by atoms with Crippen molar-refractivity contribution in [3.05, 3.63) is 62.1 Å². The first-order valence-corrected chi connectivity index (χ1v) is 12.1. The fourth-order valence-electron chi connectivity index (χ4n) is 3.88. The lowest BCUT2D eigenvalue weighted by molar-refractivity contribution is 0.380. The van der Waals surface area contributed by atoms with E-state index in [1.807, 2.05) is 6.92 Å². The second-order valence-electron chi connectivity index (χ2n) is 8.90. The van der Waals surface area contributed by atoms with Gasteiger partial charge in [0.25, 0.3) is 5.56 Å². The van der Waals surface area contributed by atoms with Crippen LogP contribution in [0.5, 0.6) is 0 Å². The van der Waals surface area contributed by atoms with Crippen LogP contribution in [0, 0.1) is 12.7 Å². The molecule has 0 aliphatic heterocycles. The first kappa shape index (κ1) is 21.2. The molecule has 2 saturated carbocycles. The fourth-order valence-corrected chi connectivity index (χ4v) is 4.86. The lowest BCUT2D eigenvalue weighted by Gasteiger charge is -2.13. The van der Waals surface area contributed by atoms with Crippen molar-refractivity contribution in [2.45, 2.75) is 61.8 Å². The summed E-state index contributed by atoms with van der Waals surface area (Å²) in [6.45, 7) is 3.55. The second-order valence-corrected chi connectivity index (χ2v) is 10.2. The molecule has 1 atom stereocenters. The molecule has 0 spiro atoms. The van der Waals surface area contributed by atoms with Gasteiger partial charge >= 0.3 is 5.69 Å². The van der Waals surface area contributed by atoms with E-state index in [9.17, 15) is 14.0 Å². The molecular weight excluding hydrogens is 459 g/mol. The van der Waals surface area contributed by atoms with Gasteiger partial charge in [-0.1, -0.05) is 29.1 Å². The third-order valence-corrected chi connectivity index (χ3v) is 7.20. The zero-order valence-corrected chi connectivity index (χ0v) is 19.4. The summed E-state index contributed by atoms with van der Waals surface area (Å²) in [5.74, 6) is 1.17. The van der Waals surface area contributed by atoms with Crippen LogP contribution in [0.2, 0.25) is 0 Å². The van der Waals surface area contributed by atoms with Crippen LogP contribution in [0.4, 0.5) is 4.39 Å². The molecule has 1 aromatic carbocycles. The van der Waals surface area contributed by atoms with Gasteiger partial charge in [0.1, 0.15) is 22.1 Å². The first-order valence-electron chi connectivity index (χ1n) is 11.2. The topological polar surface area (TPSA) is 120 Å². The van der Waals surface area contributed by atoms with Crippen molar-refractivity contribution in [1.82, 2.24) is 29.7 Å². The third-order valence-electron chi connectivity index (χ3n) is 6.13. The smallest absolute Gasteiger partial charge is 0.330 e. The van der Waals surface area contributed by atoms with Crippen molar-refractivity contribution in [3.8, 4) is 11.4 Å². The summed E-state index contributed by atoms with van der Waals surface area (Å²) >= 11 is 1.30. The highest BCUT2D eigenvalue weighted by atomic mass is 32.2. The summed E-state index contributed by atoms with van der Waals surface area (Å²) in [6.07, 6.45) is 3.74. The predicted molar refractivity (Wildman–Crippen MR) is 123 cm³/mol. The maximum atomic E-state index is 14.0. The van der Waals surface area contributed by atoms with Gasteiger partial charge in [-0.15, -0.1) is 0 Å². The number of aryl methyl sites for hydroxylation is 1. The van der Waals surface area contributed by atoms with E-state index in [2.05, 4.69) is 20.1 Å². The van der Waals surface area contributed by atoms with Gasteiger partial charge in [0.15, 0.2) is 5.65 Å². The van der Waals surface area contributed by atoms with Gasteiger partial charge in [0, 0.05) is 17.5 Å². The van der Waals surface area contributed by atoms with Crippen LogP contribution in [0.25, 0.3) is 22.4 Å². The van der Waals surface area contributed by atoms with Gasteiger partial charge < -0.3 is 4.52 Å². The minimum Gasteiger partial charge on any atom is -0.338 e. The summed E-state index contributed by atoms with van der Waals surface area (Å²) in [7, 11) is 0. The number of hydrogen-bond acceptors (Lipinski definition) is 8. The molecule has 4 aromatic rings. The monoisotopic (exact) mass is 480 g/mol. The van der Waals surface area contributed by atoms with E-state index >= 15 is 0 Å². The molecule has 34 heavy (non-hydrogen) atoms. The average molecular weight is 481 g/mol. The molecule has 2 fully saturated rings. The van der Waals surface area contributed by atoms with E-state index in [0.29, 0.717) is 38.9 Å². The number of benzene rings is 1. The number of fused-ring (bicyclic) bond motifs is 1. The third kappa shape index (κ3) is 3.73. The highest BCUT2D eigenvalue weighted by Gasteiger charge is 2.33. The molecule has 174 valence electrons. The van der Waals surface area contributed by atoms with E-state index < -0.39 is 11.2 Å². The summed E-state index contributed by atoms with van der Waals surface area (Å²) in [4.78, 5) is 41.6. The highest BCUT2D eigenvalue weighted by molar-refractivity contribution is 7.99. The first-order chi connectivity index (χ1) is 16.4. The van der Waals surface area contributed by atoms with Crippen LogP contribution in [0.3, 0.4) is 0 Å². The highest BCUT2D eigenvalue weighted by Crippen LogP contribution is 2.42. The van der Waals surface area contributed by atoms with E-state index in [1.165, 1.54) is 17.8 Å². The molecule has 2 aliphatic carbocycles. The van der Waals surface area contributed by atoms with E-state index in [4.69, 9.17) is 9.51 Å².